The number of nitrogens with zero attached hydrogens (tertiary/aromatic N) is 4. The number of aromatic nitrogens is 4. The highest BCUT2D eigenvalue weighted by molar-refractivity contribution is 7.90. The number of phenolic OH excluding ortho intramolecular Hbond substituents is 1. The molecule has 36 heavy (non-hydrogen) atoms. The predicted octanol–water partition coefficient (Wildman–Crippen LogP) is 3.68. The second kappa shape index (κ2) is 10.2. The molecule has 0 fully saturated rings. The van der Waals surface area contributed by atoms with Crippen LogP contribution in [0.1, 0.15) is 51.9 Å². The first-order valence-electron chi connectivity index (χ1n) is 11.7. The second-order valence-electron chi connectivity index (χ2n) is 9.63. The quantitative estimate of drug-likeness (QED) is 0.208. The average Bonchev–Trinajstić information content (AvgIpc) is 3.28. The average molecular weight is 510 g/mol. The zero-order chi connectivity index (χ0) is 26.1. The molecule has 9 nitrogen and oxygen atoms in total. The number of hydrogen-bond donors (Lipinski definition) is 4. The number of benzene rings is 1. The number of phenols is 1. The van der Waals surface area contributed by atoms with Gasteiger partial charge in [-0.25, -0.2) is 14.6 Å². The first kappa shape index (κ1) is 26.1. The van der Waals surface area contributed by atoms with Crippen molar-refractivity contribution in [2.45, 2.75) is 57.6 Å². The molecule has 0 saturated carbocycles. The number of fused-ring (bicyclic) bond motifs is 1. The van der Waals surface area contributed by atoms with Gasteiger partial charge in [-0.2, -0.15) is 5.10 Å². The van der Waals surface area contributed by atoms with Gasteiger partial charge in [0.15, 0.2) is 11.5 Å². The fourth-order valence-electron chi connectivity index (χ4n) is 3.84. The summed E-state index contributed by atoms with van der Waals surface area (Å²) in [6.07, 6.45) is 2.51. The maximum atomic E-state index is 12.8. The number of pyridine rings is 2. The Bertz CT molecular complexity index is 1370. The van der Waals surface area contributed by atoms with E-state index >= 15 is 0 Å². The minimum absolute atomic E-state index is 0.0232. The summed E-state index contributed by atoms with van der Waals surface area (Å²) >= 11 is -1.52. The van der Waals surface area contributed by atoms with Crippen molar-refractivity contribution < 1.29 is 19.9 Å². The number of aliphatic hydroxyl groups excluding tert-OH is 1. The van der Waals surface area contributed by atoms with Crippen molar-refractivity contribution in [3.63, 3.8) is 0 Å². The molecule has 2 unspecified atom stereocenters. The molecule has 190 valence electrons. The van der Waals surface area contributed by atoms with Gasteiger partial charge in [-0.1, -0.05) is 25.5 Å². The van der Waals surface area contributed by atoms with E-state index < -0.39 is 21.8 Å². The number of aliphatic hydroxyl groups is 2. The molecule has 0 aliphatic heterocycles. The molecule has 3 aromatic heterocycles. The molecule has 0 aliphatic rings. The Hall–Kier alpha value is -3.02. The van der Waals surface area contributed by atoms with Gasteiger partial charge in [0.25, 0.3) is 0 Å². The van der Waals surface area contributed by atoms with Gasteiger partial charge in [-0.05, 0) is 63.6 Å². The zero-order valence-corrected chi connectivity index (χ0v) is 21.6. The Kier molecular flexibility index (Phi) is 7.35. The van der Waals surface area contributed by atoms with Crippen LogP contribution in [0.25, 0.3) is 28.0 Å². The Morgan fingerprint density at radius 1 is 1.08 bits per heavy atom. The molecule has 1 aromatic carbocycles. The fourth-order valence-corrected chi connectivity index (χ4v) is 4.66. The van der Waals surface area contributed by atoms with Crippen LogP contribution in [0.2, 0.25) is 0 Å². The van der Waals surface area contributed by atoms with E-state index in [9.17, 15) is 19.9 Å². The van der Waals surface area contributed by atoms with Crippen molar-refractivity contribution in [3.05, 3.63) is 66.1 Å². The molecular weight excluding hydrogens is 478 g/mol. The van der Waals surface area contributed by atoms with Gasteiger partial charge in [-0.15, -0.1) is 4.72 Å². The highest BCUT2D eigenvalue weighted by Gasteiger charge is 2.39. The summed E-state index contributed by atoms with van der Waals surface area (Å²) in [5.74, 6) is 0.524. The summed E-state index contributed by atoms with van der Waals surface area (Å²) < 4.78 is 16.7. The topological polar surface area (TPSA) is 139 Å². The second-order valence-corrected chi connectivity index (χ2v) is 11.6. The Morgan fingerprint density at radius 3 is 2.53 bits per heavy atom. The van der Waals surface area contributed by atoms with Crippen LogP contribution in [0.3, 0.4) is 0 Å². The third-order valence-electron chi connectivity index (χ3n) is 5.74. The molecule has 0 radical (unpaired) electrons. The molecule has 2 atom stereocenters. The molecule has 4 N–H and O–H groups in total. The summed E-state index contributed by atoms with van der Waals surface area (Å²) in [5.41, 5.74) is 0.984. The first-order valence-corrected chi connectivity index (χ1v) is 12.9. The zero-order valence-electron chi connectivity index (χ0n) is 20.8. The van der Waals surface area contributed by atoms with Gasteiger partial charge in [0.1, 0.15) is 10.5 Å². The molecule has 0 amide bonds. The van der Waals surface area contributed by atoms with Gasteiger partial charge in [-0.3, -0.25) is 0 Å². The molecule has 0 spiro atoms. The normalized spacial score (nSPS) is 14.6. The minimum Gasteiger partial charge on any atom is -0.598 e. The highest BCUT2D eigenvalue weighted by Crippen LogP contribution is 2.34. The van der Waals surface area contributed by atoms with Crippen molar-refractivity contribution in [1.29, 1.82) is 0 Å². The van der Waals surface area contributed by atoms with Crippen molar-refractivity contribution in [1.82, 2.24) is 24.5 Å². The van der Waals surface area contributed by atoms with Gasteiger partial charge in [0.2, 0.25) is 0 Å². The van der Waals surface area contributed by atoms with Crippen LogP contribution in [0, 0.1) is 0 Å². The van der Waals surface area contributed by atoms with Crippen molar-refractivity contribution in [2.24, 2.45) is 0 Å². The Labute approximate surface area is 213 Å². The summed E-state index contributed by atoms with van der Waals surface area (Å²) in [5, 5.41) is 36.6. The van der Waals surface area contributed by atoms with Crippen LogP contribution in [-0.2, 0) is 23.7 Å². The monoisotopic (exact) mass is 509 g/mol. The van der Waals surface area contributed by atoms with Crippen LogP contribution in [0.4, 0.5) is 0 Å². The van der Waals surface area contributed by atoms with Gasteiger partial charge >= 0.3 is 0 Å². The summed E-state index contributed by atoms with van der Waals surface area (Å²) in [4.78, 5) is 9.11. The summed E-state index contributed by atoms with van der Waals surface area (Å²) in [6.45, 7) is 7.23. The smallest absolute Gasteiger partial charge is 0.200 e. The summed E-state index contributed by atoms with van der Waals surface area (Å²) in [7, 11) is 0. The minimum atomic E-state index is -1.59. The lowest BCUT2D eigenvalue weighted by atomic mass is 10.0. The maximum absolute atomic E-state index is 12.8. The molecule has 0 bridgehead atoms. The summed E-state index contributed by atoms with van der Waals surface area (Å²) in [6, 6.07) is 13.9. The molecular formula is C26H31N5O4S. The van der Waals surface area contributed by atoms with E-state index in [-0.39, 0.29) is 12.4 Å². The lowest BCUT2D eigenvalue weighted by Gasteiger charge is -2.33. The molecule has 0 aliphatic carbocycles. The third kappa shape index (κ3) is 5.23. The van der Waals surface area contributed by atoms with E-state index in [1.165, 1.54) is 0 Å². The van der Waals surface area contributed by atoms with E-state index in [1.807, 2.05) is 33.8 Å². The predicted molar refractivity (Wildman–Crippen MR) is 140 cm³/mol. The van der Waals surface area contributed by atoms with E-state index in [0.717, 1.165) is 0 Å². The molecule has 0 saturated heterocycles. The first-order chi connectivity index (χ1) is 17.1. The van der Waals surface area contributed by atoms with Crippen LogP contribution < -0.4 is 4.72 Å². The van der Waals surface area contributed by atoms with Gasteiger partial charge < -0.3 is 19.9 Å². The fraction of sp³-hybridized carbons (Fsp3) is 0.346. The lowest BCUT2D eigenvalue weighted by molar-refractivity contribution is 0.0101. The van der Waals surface area contributed by atoms with Crippen LogP contribution in [0.5, 0.6) is 5.75 Å². The number of aromatic hydroxyl groups is 1. The van der Waals surface area contributed by atoms with Crippen molar-refractivity contribution >= 4 is 22.3 Å². The number of nitrogens with one attached hydrogen (secondary N) is 1. The highest BCUT2D eigenvalue weighted by atomic mass is 32.2. The standard InChI is InChI=1S/C26H31N5O4S/c1-5-12-26(34,30-36(35)25(2,3)4)23-10-7-9-20(29-23)17-13-21-19(22(33)14-17)15-27-31(21)24-11-6-8-18(16-32)28-24/h6-11,13-15,30,32-34H,5,12,16H2,1-4H3. The van der Waals surface area contributed by atoms with E-state index in [0.29, 0.717) is 52.2 Å². The van der Waals surface area contributed by atoms with Crippen molar-refractivity contribution in [2.75, 3.05) is 0 Å². The van der Waals surface area contributed by atoms with Crippen LogP contribution in [-0.4, -0.2) is 44.4 Å². The van der Waals surface area contributed by atoms with Gasteiger partial charge in [0, 0.05) is 16.9 Å². The number of hydrogen-bond acceptors (Lipinski definition) is 8. The molecule has 10 heteroatoms. The number of rotatable bonds is 8. The largest absolute Gasteiger partial charge is 0.598 e. The Balaban J connectivity index is 1.78. The van der Waals surface area contributed by atoms with Crippen molar-refractivity contribution in [3.8, 4) is 22.8 Å². The molecule has 3 heterocycles. The molecule has 4 rings (SSSR count). The lowest BCUT2D eigenvalue weighted by Crippen LogP contribution is -2.51. The van der Waals surface area contributed by atoms with Crippen LogP contribution >= 0.6 is 0 Å². The maximum Gasteiger partial charge on any atom is 0.200 e. The molecule has 4 aromatic rings. The van der Waals surface area contributed by atoms with E-state index in [2.05, 4.69) is 14.8 Å². The SMILES string of the molecule is CCCC(O)(N[S+]([O-])C(C)(C)C)c1cccc(-c2cc(O)c3cnn(-c4cccc(CO)n4)c3c2)n1. The third-order valence-corrected chi connectivity index (χ3v) is 7.37. The van der Waals surface area contributed by atoms with Gasteiger partial charge in [0.05, 0.1) is 40.8 Å². The van der Waals surface area contributed by atoms with E-state index in [1.54, 1.807) is 53.3 Å². The van der Waals surface area contributed by atoms with E-state index in [4.69, 9.17) is 4.98 Å². The van der Waals surface area contributed by atoms with Crippen LogP contribution in [0.15, 0.2) is 54.7 Å². The Morgan fingerprint density at radius 2 is 1.83 bits per heavy atom.